The van der Waals surface area contributed by atoms with E-state index >= 15 is 0 Å². The van der Waals surface area contributed by atoms with Crippen molar-refractivity contribution in [3.05, 3.63) is 136 Å². The molecule has 2 heterocycles. The van der Waals surface area contributed by atoms with Crippen molar-refractivity contribution in [2.45, 2.75) is 18.9 Å². The predicted octanol–water partition coefficient (Wildman–Crippen LogP) is 7.78. The molecule has 0 aliphatic rings. The number of rotatable bonds is 8. The van der Waals surface area contributed by atoms with Crippen LogP contribution < -0.4 is 0 Å². The molecular weight excluding hydrogens is 468 g/mol. The van der Waals surface area contributed by atoms with Gasteiger partial charge < -0.3 is 9.67 Å². The van der Waals surface area contributed by atoms with Gasteiger partial charge in [-0.25, -0.2) is 9.78 Å². The van der Waals surface area contributed by atoms with Crippen LogP contribution in [0.15, 0.2) is 103 Å². The molecule has 1 unspecified atom stereocenters. The van der Waals surface area contributed by atoms with E-state index in [2.05, 4.69) is 47.3 Å². The first-order valence-corrected chi connectivity index (χ1v) is 12.2. The lowest BCUT2D eigenvalue weighted by atomic mass is 9.95. The molecule has 5 aromatic rings. The molecule has 0 aliphatic heterocycles. The predicted molar refractivity (Wildman–Crippen MR) is 146 cm³/mol. The van der Waals surface area contributed by atoms with E-state index in [-0.39, 0.29) is 6.04 Å². The van der Waals surface area contributed by atoms with E-state index in [4.69, 9.17) is 16.6 Å². The minimum Gasteiger partial charge on any atom is -0.478 e. The fourth-order valence-corrected chi connectivity index (χ4v) is 4.70. The van der Waals surface area contributed by atoms with Crippen molar-refractivity contribution in [1.29, 1.82) is 0 Å². The second kappa shape index (κ2) is 10.6. The van der Waals surface area contributed by atoms with Crippen LogP contribution in [0.4, 0.5) is 0 Å². The van der Waals surface area contributed by atoms with Crippen molar-refractivity contribution in [2.75, 3.05) is 0 Å². The first kappa shape index (κ1) is 23.6. The summed E-state index contributed by atoms with van der Waals surface area (Å²) < 4.78 is 2.18. The summed E-state index contributed by atoms with van der Waals surface area (Å²) in [4.78, 5) is 16.4. The Bertz CT molecular complexity index is 1540. The third kappa shape index (κ3) is 5.40. The molecule has 1 atom stereocenters. The lowest BCUT2D eigenvalue weighted by Crippen LogP contribution is -2.11. The Labute approximate surface area is 215 Å². The van der Waals surface area contributed by atoms with E-state index in [1.807, 2.05) is 60.7 Å². The van der Waals surface area contributed by atoms with E-state index in [1.165, 1.54) is 5.56 Å². The van der Waals surface area contributed by atoms with Gasteiger partial charge in [0.1, 0.15) is 0 Å². The molecule has 0 bridgehead atoms. The number of hydrogen-bond donors (Lipinski definition) is 1. The van der Waals surface area contributed by atoms with Gasteiger partial charge in [0, 0.05) is 22.8 Å². The van der Waals surface area contributed by atoms with Gasteiger partial charge in [0.2, 0.25) is 0 Å². The van der Waals surface area contributed by atoms with Crippen molar-refractivity contribution in [3.63, 3.8) is 0 Å². The first-order valence-electron chi connectivity index (χ1n) is 11.8. The number of fused-ring (bicyclic) bond motifs is 1. The second-order valence-corrected chi connectivity index (χ2v) is 9.16. The Morgan fingerprint density at radius 2 is 1.72 bits per heavy atom. The Morgan fingerprint density at radius 1 is 0.917 bits per heavy atom. The highest BCUT2D eigenvalue weighted by Gasteiger charge is 2.16. The Morgan fingerprint density at radius 3 is 2.56 bits per heavy atom. The van der Waals surface area contributed by atoms with Crippen LogP contribution in [0.25, 0.3) is 23.1 Å². The number of pyridine rings is 1. The van der Waals surface area contributed by atoms with Crippen LogP contribution in [0.2, 0.25) is 5.02 Å². The van der Waals surface area contributed by atoms with Crippen LogP contribution in [0.3, 0.4) is 0 Å². The third-order valence-electron chi connectivity index (χ3n) is 6.34. The number of carboxylic acid groups (broad SMARTS) is 1. The number of aromatic nitrogens is 2. The SMILES string of the molecule is O=C(O)c1ccccc1CCC(c1cccc(/C=C/c2ccc3ccc(Cl)cc3n2)c1)n1cccc1. The quantitative estimate of drug-likeness (QED) is 0.240. The van der Waals surface area contributed by atoms with Gasteiger partial charge in [0.05, 0.1) is 22.8 Å². The molecule has 1 N–H and O–H groups in total. The van der Waals surface area contributed by atoms with Crippen LogP contribution in [-0.2, 0) is 6.42 Å². The number of carbonyl (C=O) groups is 1. The van der Waals surface area contributed by atoms with Gasteiger partial charge in [-0.15, -0.1) is 0 Å². The Balaban J connectivity index is 1.40. The van der Waals surface area contributed by atoms with Crippen molar-refractivity contribution < 1.29 is 9.90 Å². The standard InChI is InChI=1S/C31H25ClN2O2/c32-26-14-11-24-12-16-27(33-29(24)21-26)15-10-22-6-5-8-25(20-22)30(34-18-3-4-19-34)17-13-23-7-1-2-9-28(23)31(35)36/h1-12,14-16,18-21,30H,13,17H2,(H,35,36)/b15-10+. The Hall–Kier alpha value is -4.15. The normalized spacial score (nSPS) is 12.2. The molecule has 5 rings (SSSR count). The zero-order valence-corrected chi connectivity index (χ0v) is 20.3. The van der Waals surface area contributed by atoms with E-state index in [9.17, 15) is 9.90 Å². The van der Waals surface area contributed by atoms with Crippen molar-refractivity contribution in [3.8, 4) is 0 Å². The summed E-state index contributed by atoms with van der Waals surface area (Å²) in [6.07, 6.45) is 9.62. The van der Waals surface area contributed by atoms with Crippen LogP contribution in [0.5, 0.6) is 0 Å². The molecular formula is C31H25ClN2O2. The van der Waals surface area contributed by atoms with Crippen molar-refractivity contribution in [2.24, 2.45) is 0 Å². The van der Waals surface area contributed by atoms with E-state index in [1.54, 1.807) is 12.1 Å². The third-order valence-corrected chi connectivity index (χ3v) is 6.58. The highest BCUT2D eigenvalue weighted by atomic mass is 35.5. The molecule has 0 spiro atoms. The van der Waals surface area contributed by atoms with Crippen LogP contribution in [0, 0.1) is 0 Å². The lowest BCUT2D eigenvalue weighted by molar-refractivity contribution is 0.0695. The van der Waals surface area contributed by atoms with Gasteiger partial charge in [-0.3, -0.25) is 0 Å². The van der Waals surface area contributed by atoms with E-state index in [0.29, 0.717) is 17.0 Å². The van der Waals surface area contributed by atoms with Gasteiger partial charge in [-0.05, 0) is 78.1 Å². The topological polar surface area (TPSA) is 55.1 Å². The fourth-order valence-electron chi connectivity index (χ4n) is 4.53. The van der Waals surface area contributed by atoms with Crippen molar-refractivity contribution in [1.82, 2.24) is 9.55 Å². The maximum atomic E-state index is 11.7. The monoisotopic (exact) mass is 492 g/mol. The summed E-state index contributed by atoms with van der Waals surface area (Å²) in [5, 5.41) is 11.3. The van der Waals surface area contributed by atoms with Gasteiger partial charge in [0.25, 0.3) is 0 Å². The largest absolute Gasteiger partial charge is 0.478 e. The number of carboxylic acids is 1. The minimum absolute atomic E-state index is 0.0798. The summed E-state index contributed by atoms with van der Waals surface area (Å²) in [5.74, 6) is -0.889. The molecule has 2 aromatic heterocycles. The van der Waals surface area contributed by atoms with Crippen molar-refractivity contribution >= 4 is 40.6 Å². The molecule has 0 radical (unpaired) electrons. The zero-order chi connectivity index (χ0) is 24.9. The Kier molecular flexibility index (Phi) is 6.96. The maximum absolute atomic E-state index is 11.7. The minimum atomic E-state index is -0.889. The summed E-state index contributed by atoms with van der Waals surface area (Å²) in [5.41, 5.74) is 5.18. The smallest absolute Gasteiger partial charge is 0.335 e. The number of benzene rings is 3. The lowest BCUT2D eigenvalue weighted by Gasteiger charge is -2.21. The van der Waals surface area contributed by atoms with Gasteiger partial charge in [0.15, 0.2) is 0 Å². The first-order chi connectivity index (χ1) is 17.6. The maximum Gasteiger partial charge on any atom is 0.335 e. The molecule has 0 aliphatic carbocycles. The zero-order valence-electron chi connectivity index (χ0n) is 19.6. The summed E-state index contributed by atoms with van der Waals surface area (Å²) in [6, 6.07) is 29.5. The average Bonchev–Trinajstić information content (AvgIpc) is 3.42. The molecule has 5 heteroatoms. The fraction of sp³-hybridized carbons (Fsp3) is 0.0968. The molecule has 0 fully saturated rings. The van der Waals surface area contributed by atoms with Gasteiger partial charge >= 0.3 is 5.97 Å². The van der Waals surface area contributed by atoms with Crippen LogP contribution in [-0.4, -0.2) is 20.6 Å². The number of aromatic carboxylic acids is 1. The molecule has 3 aromatic carbocycles. The molecule has 4 nitrogen and oxygen atoms in total. The number of hydrogen-bond acceptors (Lipinski definition) is 2. The highest BCUT2D eigenvalue weighted by Crippen LogP contribution is 2.27. The summed E-state index contributed by atoms with van der Waals surface area (Å²) in [6.45, 7) is 0. The molecule has 0 saturated carbocycles. The van der Waals surface area contributed by atoms with Gasteiger partial charge in [-0.1, -0.05) is 66.2 Å². The molecule has 0 amide bonds. The summed E-state index contributed by atoms with van der Waals surface area (Å²) in [7, 11) is 0. The average molecular weight is 493 g/mol. The second-order valence-electron chi connectivity index (χ2n) is 8.72. The number of nitrogens with zero attached hydrogens (tertiary/aromatic N) is 2. The molecule has 178 valence electrons. The van der Waals surface area contributed by atoms with Gasteiger partial charge in [-0.2, -0.15) is 0 Å². The number of aryl methyl sites for hydroxylation is 1. The molecule has 0 saturated heterocycles. The van der Waals surface area contributed by atoms with E-state index in [0.717, 1.165) is 34.1 Å². The summed E-state index contributed by atoms with van der Waals surface area (Å²) >= 11 is 6.13. The molecule has 36 heavy (non-hydrogen) atoms. The van der Waals surface area contributed by atoms with Crippen LogP contribution >= 0.6 is 11.6 Å². The van der Waals surface area contributed by atoms with Crippen LogP contribution in [0.1, 0.15) is 45.2 Å². The van der Waals surface area contributed by atoms with E-state index < -0.39 is 5.97 Å². The highest BCUT2D eigenvalue weighted by molar-refractivity contribution is 6.31. The number of halogens is 1.